The molecule has 0 bridgehead atoms. The Morgan fingerprint density at radius 2 is 1.76 bits per heavy atom. The Morgan fingerprint density at radius 1 is 1.14 bits per heavy atom. The lowest BCUT2D eigenvalue weighted by Gasteiger charge is -2.24. The van der Waals surface area contributed by atoms with E-state index in [1.807, 2.05) is 38.1 Å². The van der Waals surface area contributed by atoms with Crippen molar-refractivity contribution >= 4 is 17.5 Å². The van der Waals surface area contributed by atoms with Crippen LogP contribution in [0.4, 0.5) is 5.69 Å². The molecule has 1 aliphatic rings. The number of hydrogen-bond donors (Lipinski definition) is 1. The van der Waals surface area contributed by atoms with Crippen LogP contribution in [0.5, 0.6) is 0 Å². The standard InChI is InChI=1S/C17H24N2O2/c1-4-13-9-7-8-10-14(13)18-15(20)17(11-12-17)16(21)19(5-2)6-3/h7-10H,4-6,11-12H2,1-3H3,(H,18,20). The van der Waals surface area contributed by atoms with E-state index in [1.54, 1.807) is 4.90 Å². The zero-order valence-electron chi connectivity index (χ0n) is 13.1. The van der Waals surface area contributed by atoms with Gasteiger partial charge in [-0.25, -0.2) is 0 Å². The molecule has 1 aromatic rings. The minimum absolute atomic E-state index is 0.0287. The maximum atomic E-state index is 12.6. The number of para-hydroxylation sites is 1. The second kappa shape index (κ2) is 6.29. The fourth-order valence-electron chi connectivity index (χ4n) is 2.67. The first-order chi connectivity index (χ1) is 10.1. The molecular weight excluding hydrogens is 264 g/mol. The highest BCUT2D eigenvalue weighted by molar-refractivity contribution is 6.13. The van der Waals surface area contributed by atoms with Gasteiger partial charge in [0.2, 0.25) is 11.8 Å². The molecule has 1 fully saturated rings. The number of nitrogens with one attached hydrogen (secondary N) is 1. The van der Waals surface area contributed by atoms with Crippen LogP contribution in [-0.4, -0.2) is 29.8 Å². The van der Waals surface area contributed by atoms with Gasteiger partial charge in [-0.2, -0.15) is 0 Å². The van der Waals surface area contributed by atoms with E-state index in [-0.39, 0.29) is 11.8 Å². The van der Waals surface area contributed by atoms with E-state index in [0.717, 1.165) is 17.7 Å². The topological polar surface area (TPSA) is 49.4 Å². The molecule has 0 saturated heterocycles. The Morgan fingerprint density at radius 3 is 2.29 bits per heavy atom. The molecule has 2 rings (SSSR count). The molecule has 21 heavy (non-hydrogen) atoms. The van der Waals surface area contributed by atoms with Gasteiger partial charge in [-0.1, -0.05) is 25.1 Å². The molecule has 0 aromatic heterocycles. The van der Waals surface area contributed by atoms with Crippen LogP contribution >= 0.6 is 0 Å². The van der Waals surface area contributed by atoms with E-state index in [0.29, 0.717) is 25.9 Å². The lowest BCUT2D eigenvalue weighted by atomic mass is 10.0. The summed E-state index contributed by atoms with van der Waals surface area (Å²) in [5.41, 5.74) is 1.09. The number of aryl methyl sites for hydroxylation is 1. The van der Waals surface area contributed by atoms with Gasteiger partial charge in [0.1, 0.15) is 5.41 Å². The van der Waals surface area contributed by atoms with Crippen LogP contribution in [0.2, 0.25) is 0 Å². The third-order valence-corrected chi connectivity index (χ3v) is 4.29. The van der Waals surface area contributed by atoms with Crippen LogP contribution in [0.25, 0.3) is 0 Å². The van der Waals surface area contributed by atoms with E-state index < -0.39 is 5.41 Å². The van der Waals surface area contributed by atoms with Gasteiger partial charge in [-0.15, -0.1) is 0 Å². The van der Waals surface area contributed by atoms with Gasteiger partial charge in [-0.05, 0) is 44.7 Å². The Kier molecular flexibility index (Phi) is 4.66. The van der Waals surface area contributed by atoms with E-state index in [2.05, 4.69) is 12.2 Å². The van der Waals surface area contributed by atoms with Crippen molar-refractivity contribution in [1.29, 1.82) is 0 Å². The van der Waals surface area contributed by atoms with Crippen LogP contribution in [-0.2, 0) is 16.0 Å². The van der Waals surface area contributed by atoms with Gasteiger partial charge >= 0.3 is 0 Å². The average Bonchev–Trinajstić information content (AvgIpc) is 3.30. The number of rotatable bonds is 6. The van der Waals surface area contributed by atoms with Gasteiger partial charge < -0.3 is 10.2 Å². The number of hydrogen-bond acceptors (Lipinski definition) is 2. The van der Waals surface area contributed by atoms with E-state index in [4.69, 9.17) is 0 Å². The highest BCUT2D eigenvalue weighted by Crippen LogP contribution is 2.48. The van der Waals surface area contributed by atoms with Crippen molar-refractivity contribution < 1.29 is 9.59 Å². The number of carbonyl (C=O) groups excluding carboxylic acids is 2. The molecule has 0 heterocycles. The highest BCUT2D eigenvalue weighted by Gasteiger charge is 2.57. The first-order valence-electron chi connectivity index (χ1n) is 7.77. The molecule has 0 unspecified atom stereocenters. The summed E-state index contributed by atoms with van der Waals surface area (Å²) >= 11 is 0. The summed E-state index contributed by atoms with van der Waals surface area (Å²) < 4.78 is 0. The van der Waals surface area contributed by atoms with Crippen LogP contribution in [0.3, 0.4) is 0 Å². The number of carbonyl (C=O) groups is 2. The van der Waals surface area contributed by atoms with Gasteiger partial charge in [-0.3, -0.25) is 9.59 Å². The van der Waals surface area contributed by atoms with Crippen LogP contribution in [0.1, 0.15) is 39.2 Å². The third-order valence-electron chi connectivity index (χ3n) is 4.29. The zero-order valence-corrected chi connectivity index (χ0v) is 13.1. The van der Waals surface area contributed by atoms with Crippen molar-refractivity contribution in [3.05, 3.63) is 29.8 Å². The molecule has 114 valence electrons. The molecule has 4 nitrogen and oxygen atoms in total. The van der Waals surface area contributed by atoms with Crippen LogP contribution < -0.4 is 5.32 Å². The fraction of sp³-hybridized carbons (Fsp3) is 0.529. The Bertz CT molecular complexity index is 531. The quantitative estimate of drug-likeness (QED) is 0.818. The molecule has 1 saturated carbocycles. The van der Waals surface area contributed by atoms with Crippen molar-refractivity contribution in [2.45, 2.75) is 40.0 Å². The van der Waals surface area contributed by atoms with Gasteiger partial charge in [0.25, 0.3) is 0 Å². The molecule has 0 radical (unpaired) electrons. The van der Waals surface area contributed by atoms with Crippen molar-refractivity contribution in [1.82, 2.24) is 4.90 Å². The Balaban J connectivity index is 2.15. The predicted octanol–water partition coefficient (Wildman–Crippen LogP) is 2.84. The number of nitrogens with zero attached hydrogens (tertiary/aromatic N) is 1. The fourth-order valence-corrected chi connectivity index (χ4v) is 2.67. The lowest BCUT2D eigenvalue weighted by Crippen LogP contribution is -2.42. The Hall–Kier alpha value is -1.84. The summed E-state index contributed by atoms with van der Waals surface area (Å²) in [4.78, 5) is 26.9. The third kappa shape index (κ3) is 2.94. The van der Waals surface area contributed by atoms with Crippen molar-refractivity contribution in [2.24, 2.45) is 5.41 Å². The largest absolute Gasteiger partial charge is 0.342 e. The van der Waals surface area contributed by atoms with Crippen molar-refractivity contribution in [2.75, 3.05) is 18.4 Å². The minimum Gasteiger partial charge on any atom is -0.342 e. The first kappa shape index (κ1) is 15.5. The molecule has 1 aromatic carbocycles. The summed E-state index contributed by atoms with van der Waals surface area (Å²) in [6.07, 6.45) is 2.17. The van der Waals surface area contributed by atoms with Crippen molar-refractivity contribution in [3.63, 3.8) is 0 Å². The molecule has 0 atom stereocenters. The number of amides is 2. The van der Waals surface area contributed by atoms with E-state index in [1.165, 1.54) is 0 Å². The first-order valence-corrected chi connectivity index (χ1v) is 7.77. The minimum atomic E-state index is -0.827. The van der Waals surface area contributed by atoms with Crippen molar-refractivity contribution in [3.8, 4) is 0 Å². The Labute approximate surface area is 126 Å². The zero-order chi connectivity index (χ0) is 15.5. The average molecular weight is 288 g/mol. The molecule has 0 aliphatic heterocycles. The molecule has 1 aliphatic carbocycles. The number of benzene rings is 1. The SMILES string of the molecule is CCc1ccccc1NC(=O)C1(C(=O)N(CC)CC)CC1. The van der Waals surface area contributed by atoms with Gasteiger partial charge in [0, 0.05) is 18.8 Å². The second-order valence-corrected chi connectivity index (χ2v) is 5.52. The summed E-state index contributed by atoms with van der Waals surface area (Å²) in [5, 5.41) is 2.96. The van der Waals surface area contributed by atoms with Crippen LogP contribution in [0.15, 0.2) is 24.3 Å². The molecular formula is C17H24N2O2. The summed E-state index contributed by atoms with van der Waals surface area (Å²) in [6.45, 7) is 7.24. The van der Waals surface area contributed by atoms with E-state index >= 15 is 0 Å². The van der Waals surface area contributed by atoms with Crippen LogP contribution in [0, 0.1) is 5.41 Å². The highest BCUT2D eigenvalue weighted by atomic mass is 16.2. The molecule has 1 N–H and O–H groups in total. The molecule has 0 spiro atoms. The number of anilines is 1. The second-order valence-electron chi connectivity index (χ2n) is 5.52. The summed E-state index contributed by atoms with van der Waals surface area (Å²) in [7, 11) is 0. The maximum absolute atomic E-state index is 12.6. The van der Waals surface area contributed by atoms with Gasteiger partial charge in [0.05, 0.1) is 0 Å². The molecule has 4 heteroatoms. The van der Waals surface area contributed by atoms with Gasteiger partial charge in [0.15, 0.2) is 0 Å². The summed E-state index contributed by atoms with van der Waals surface area (Å²) in [6, 6.07) is 7.76. The monoisotopic (exact) mass is 288 g/mol. The van der Waals surface area contributed by atoms with E-state index in [9.17, 15) is 9.59 Å². The summed E-state index contributed by atoms with van der Waals surface area (Å²) in [5.74, 6) is -0.181. The normalized spacial score (nSPS) is 15.4. The lowest BCUT2D eigenvalue weighted by molar-refractivity contribution is -0.141. The maximum Gasteiger partial charge on any atom is 0.240 e. The smallest absolute Gasteiger partial charge is 0.240 e. The predicted molar refractivity (Wildman–Crippen MR) is 84.0 cm³/mol. The molecule has 2 amide bonds.